The maximum absolute atomic E-state index is 11.9. The first kappa shape index (κ1) is 15.4. The van der Waals surface area contributed by atoms with Crippen LogP contribution in [0.3, 0.4) is 0 Å². The van der Waals surface area contributed by atoms with E-state index in [9.17, 15) is 4.79 Å². The van der Waals surface area contributed by atoms with Gasteiger partial charge >= 0.3 is 6.03 Å². The van der Waals surface area contributed by atoms with Gasteiger partial charge in [-0.1, -0.05) is 35.9 Å². The van der Waals surface area contributed by atoms with Gasteiger partial charge in [0.15, 0.2) is 0 Å². The molecule has 2 amide bonds. The number of aryl methyl sites for hydroxylation is 1. The zero-order valence-electron chi connectivity index (χ0n) is 12.2. The fraction of sp³-hybridized carbons (Fsp3) is 0.235. The number of carbonyl (C=O) groups excluding carboxylic acids is 1. The zero-order valence-corrected chi connectivity index (χ0v) is 13.0. The lowest BCUT2D eigenvalue weighted by atomic mass is 10.1. The normalized spacial score (nSPS) is 10.2. The molecule has 0 unspecified atom stereocenters. The van der Waals surface area contributed by atoms with Crippen molar-refractivity contribution in [1.82, 2.24) is 5.32 Å². The summed E-state index contributed by atoms with van der Waals surface area (Å²) in [5.41, 5.74) is 4.19. The first-order valence-corrected chi connectivity index (χ1v) is 7.29. The minimum absolute atomic E-state index is 0.189. The summed E-state index contributed by atoms with van der Waals surface area (Å²) in [6, 6.07) is 13.3. The van der Waals surface area contributed by atoms with E-state index in [1.807, 2.05) is 56.3 Å². The number of amides is 2. The topological polar surface area (TPSA) is 41.1 Å². The first-order valence-electron chi connectivity index (χ1n) is 6.92. The van der Waals surface area contributed by atoms with Crippen LogP contribution in [-0.2, 0) is 6.42 Å². The van der Waals surface area contributed by atoms with E-state index < -0.39 is 0 Å². The molecular formula is C17H19ClN2O. The van der Waals surface area contributed by atoms with Crippen molar-refractivity contribution in [3.8, 4) is 0 Å². The van der Waals surface area contributed by atoms with Crippen LogP contribution in [0.25, 0.3) is 0 Å². The van der Waals surface area contributed by atoms with Crippen LogP contribution < -0.4 is 10.6 Å². The van der Waals surface area contributed by atoms with E-state index in [1.165, 1.54) is 0 Å². The van der Waals surface area contributed by atoms with Crippen molar-refractivity contribution in [1.29, 1.82) is 0 Å². The summed E-state index contributed by atoms with van der Waals surface area (Å²) in [5, 5.41) is 6.44. The van der Waals surface area contributed by atoms with Crippen molar-refractivity contribution >= 4 is 23.3 Å². The number of hydrogen-bond acceptors (Lipinski definition) is 1. The van der Waals surface area contributed by atoms with Gasteiger partial charge in [-0.2, -0.15) is 0 Å². The predicted molar refractivity (Wildman–Crippen MR) is 88.1 cm³/mol. The minimum Gasteiger partial charge on any atom is -0.338 e. The van der Waals surface area contributed by atoms with E-state index in [4.69, 9.17) is 11.6 Å². The van der Waals surface area contributed by atoms with Gasteiger partial charge in [0.1, 0.15) is 0 Å². The highest BCUT2D eigenvalue weighted by atomic mass is 35.5. The summed E-state index contributed by atoms with van der Waals surface area (Å²) in [7, 11) is 0. The number of benzene rings is 2. The molecule has 2 aromatic rings. The number of halogens is 1. The fourth-order valence-corrected chi connectivity index (χ4v) is 2.28. The molecule has 0 radical (unpaired) electrons. The van der Waals surface area contributed by atoms with E-state index >= 15 is 0 Å². The Morgan fingerprint density at radius 3 is 2.67 bits per heavy atom. The van der Waals surface area contributed by atoms with Crippen LogP contribution in [0, 0.1) is 13.8 Å². The Kier molecular flexibility index (Phi) is 5.23. The van der Waals surface area contributed by atoms with Crippen molar-refractivity contribution < 1.29 is 4.79 Å². The van der Waals surface area contributed by atoms with Crippen LogP contribution in [0.2, 0.25) is 5.02 Å². The Morgan fingerprint density at radius 1 is 1.14 bits per heavy atom. The lowest BCUT2D eigenvalue weighted by Crippen LogP contribution is -2.30. The molecule has 0 aliphatic rings. The molecule has 0 fully saturated rings. The zero-order chi connectivity index (χ0) is 15.2. The maximum Gasteiger partial charge on any atom is 0.319 e. The van der Waals surface area contributed by atoms with Gasteiger partial charge in [-0.25, -0.2) is 4.79 Å². The molecule has 0 aromatic heterocycles. The SMILES string of the molecule is Cc1cccc(NC(=O)NCCc2cccc(Cl)c2)c1C. The third kappa shape index (κ3) is 4.50. The van der Waals surface area contributed by atoms with Crippen LogP contribution in [0.5, 0.6) is 0 Å². The highest BCUT2D eigenvalue weighted by Crippen LogP contribution is 2.17. The van der Waals surface area contributed by atoms with Crippen LogP contribution in [0.15, 0.2) is 42.5 Å². The largest absolute Gasteiger partial charge is 0.338 e. The Hall–Kier alpha value is -2.00. The Labute approximate surface area is 130 Å². The molecule has 0 heterocycles. The molecule has 2 rings (SSSR count). The van der Waals surface area contributed by atoms with Crippen molar-refractivity contribution in [3.05, 3.63) is 64.2 Å². The number of rotatable bonds is 4. The molecule has 0 atom stereocenters. The van der Waals surface area contributed by atoms with Crippen LogP contribution in [0.4, 0.5) is 10.5 Å². The highest BCUT2D eigenvalue weighted by Gasteiger charge is 2.05. The molecular weight excluding hydrogens is 284 g/mol. The van der Waals surface area contributed by atoms with Gasteiger partial charge in [0.2, 0.25) is 0 Å². The van der Waals surface area contributed by atoms with E-state index in [1.54, 1.807) is 0 Å². The number of hydrogen-bond donors (Lipinski definition) is 2. The molecule has 0 spiro atoms. The lowest BCUT2D eigenvalue weighted by molar-refractivity contribution is 0.252. The van der Waals surface area contributed by atoms with E-state index in [0.717, 1.165) is 28.8 Å². The van der Waals surface area contributed by atoms with Crippen LogP contribution in [0.1, 0.15) is 16.7 Å². The Bertz CT molecular complexity index is 640. The molecule has 0 aliphatic heterocycles. The summed E-state index contributed by atoms with van der Waals surface area (Å²) >= 11 is 5.93. The monoisotopic (exact) mass is 302 g/mol. The molecule has 3 nitrogen and oxygen atoms in total. The van der Waals surface area contributed by atoms with Gasteiger partial charge in [0, 0.05) is 17.3 Å². The number of anilines is 1. The average molecular weight is 303 g/mol. The van der Waals surface area contributed by atoms with Crippen LogP contribution >= 0.6 is 11.6 Å². The second kappa shape index (κ2) is 7.14. The van der Waals surface area contributed by atoms with E-state index in [-0.39, 0.29) is 6.03 Å². The number of carbonyl (C=O) groups is 1. The minimum atomic E-state index is -0.189. The van der Waals surface area contributed by atoms with Gasteiger partial charge in [0.25, 0.3) is 0 Å². The molecule has 2 N–H and O–H groups in total. The molecule has 0 bridgehead atoms. The third-order valence-corrected chi connectivity index (χ3v) is 3.68. The number of urea groups is 1. The summed E-state index contributed by atoms with van der Waals surface area (Å²) in [4.78, 5) is 11.9. The van der Waals surface area contributed by atoms with Gasteiger partial charge in [-0.05, 0) is 55.2 Å². The van der Waals surface area contributed by atoms with Crippen molar-refractivity contribution in [2.24, 2.45) is 0 Å². The quantitative estimate of drug-likeness (QED) is 0.867. The van der Waals surface area contributed by atoms with E-state index in [0.29, 0.717) is 11.6 Å². The summed E-state index contributed by atoms with van der Waals surface area (Å²) in [6.07, 6.45) is 0.751. The predicted octanol–water partition coefficient (Wildman–Crippen LogP) is 4.32. The molecule has 4 heteroatoms. The Balaban J connectivity index is 1.84. The summed E-state index contributed by atoms with van der Waals surface area (Å²) < 4.78 is 0. The second-order valence-electron chi connectivity index (χ2n) is 5.01. The standard InChI is InChI=1S/C17H19ClN2O/c1-12-5-3-8-16(13(12)2)20-17(21)19-10-9-14-6-4-7-15(18)11-14/h3-8,11H,9-10H2,1-2H3,(H2,19,20,21). The van der Waals surface area contributed by atoms with Crippen molar-refractivity contribution in [2.45, 2.75) is 20.3 Å². The lowest BCUT2D eigenvalue weighted by Gasteiger charge is -2.11. The van der Waals surface area contributed by atoms with Gasteiger partial charge < -0.3 is 10.6 Å². The fourth-order valence-electron chi connectivity index (χ4n) is 2.07. The molecule has 0 saturated heterocycles. The smallest absolute Gasteiger partial charge is 0.319 e. The number of nitrogens with one attached hydrogen (secondary N) is 2. The van der Waals surface area contributed by atoms with Gasteiger partial charge in [0.05, 0.1) is 0 Å². The molecule has 21 heavy (non-hydrogen) atoms. The van der Waals surface area contributed by atoms with E-state index in [2.05, 4.69) is 10.6 Å². The second-order valence-corrected chi connectivity index (χ2v) is 5.44. The average Bonchev–Trinajstić information content (AvgIpc) is 2.44. The molecule has 0 saturated carbocycles. The third-order valence-electron chi connectivity index (χ3n) is 3.44. The molecule has 2 aromatic carbocycles. The van der Waals surface area contributed by atoms with Gasteiger partial charge in [-0.15, -0.1) is 0 Å². The van der Waals surface area contributed by atoms with Gasteiger partial charge in [-0.3, -0.25) is 0 Å². The highest BCUT2D eigenvalue weighted by molar-refractivity contribution is 6.30. The Morgan fingerprint density at radius 2 is 1.90 bits per heavy atom. The molecule has 0 aliphatic carbocycles. The molecule has 110 valence electrons. The van der Waals surface area contributed by atoms with Crippen molar-refractivity contribution in [3.63, 3.8) is 0 Å². The van der Waals surface area contributed by atoms with Crippen LogP contribution in [-0.4, -0.2) is 12.6 Å². The summed E-state index contributed by atoms with van der Waals surface area (Å²) in [5.74, 6) is 0. The van der Waals surface area contributed by atoms with Crippen molar-refractivity contribution in [2.75, 3.05) is 11.9 Å². The maximum atomic E-state index is 11.9. The summed E-state index contributed by atoms with van der Waals surface area (Å²) in [6.45, 7) is 4.59. The first-order chi connectivity index (χ1) is 10.1.